The van der Waals surface area contributed by atoms with Gasteiger partial charge < -0.3 is 5.32 Å². The van der Waals surface area contributed by atoms with Crippen molar-refractivity contribution >= 4 is 32.5 Å². The van der Waals surface area contributed by atoms with Gasteiger partial charge in [0.2, 0.25) is 0 Å². The lowest BCUT2D eigenvalue weighted by Gasteiger charge is -2.12. The van der Waals surface area contributed by atoms with Crippen molar-refractivity contribution in [3.63, 3.8) is 0 Å². The molecule has 0 saturated carbocycles. The van der Waals surface area contributed by atoms with Crippen molar-refractivity contribution < 1.29 is 8.78 Å². The van der Waals surface area contributed by atoms with Gasteiger partial charge in [-0.3, -0.25) is 0 Å². The average molecular weight is 315 g/mol. The van der Waals surface area contributed by atoms with E-state index < -0.39 is 11.6 Å². The van der Waals surface area contributed by atoms with Crippen LogP contribution in [0.25, 0.3) is 10.9 Å². The predicted molar refractivity (Wildman–Crippen MR) is 72.9 cm³/mol. The highest BCUT2D eigenvalue weighted by molar-refractivity contribution is 9.10. The van der Waals surface area contributed by atoms with Gasteiger partial charge in [-0.15, -0.1) is 0 Å². The fourth-order valence-corrected chi connectivity index (χ4v) is 2.38. The van der Waals surface area contributed by atoms with Crippen LogP contribution in [0.4, 0.5) is 14.5 Å². The molecule has 5 heteroatoms. The van der Waals surface area contributed by atoms with E-state index in [1.54, 1.807) is 0 Å². The fraction of sp³-hybridized carbons (Fsp3) is 0.308. The van der Waals surface area contributed by atoms with Crippen LogP contribution in [0, 0.1) is 11.6 Å². The molecule has 0 unspecified atom stereocenters. The first-order valence-corrected chi connectivity index (χ1v) is 6.58. The minimum atomic E-state index is -0.639. The molecule has 1 heterocycles. The second kappa shape index (κ2) is 5.18. The number of aromatic nitrogens is 1. The lowest BCUT2D eigenvalue weighted by molar-refractivity contribution is 0.586. The number of hydrogen-bond donors (Lipinski definition) is 1. The molecule has 0 fully saturated rings. The van der Waals surface area contributed by atoms with Crippen molar-refractivity contribution in [2.24, 2.45) is 0 Å². The van der Waals surface area contributed by atoms with Crippen molar-refractivity contribution in [3.8, 4) is 0 Å². The average Bonchev–Trinajstić information content (AvgIpc) is 2.35. The monoisotopic (exact) mass is 314 g/mol. The predicted octanol–water partition coefficient (Wildman–Crippen LogP) is 4.27. The van der Waals surface area contributed by atoms with Crippen molar-refractivity contribution in [2.45, 2.75) is 20.3 Å². The lowest BCUT2D eigenvalue weighted by Crippen LogP contribution is -2.02. The molecule has 2 rings (SSSR count). The highest BCUT2D eigenvalue weighted by atomic mass is 79.9. The van der Waals surface area contributed by atoms with E-state index in [1.165, 1.54) is 0 Å². The number of fused-ring (bicyclic) bond motifs is 1. The van der Waals surface area contributed by atoms with E-state index in [-0.39, 0.29) is 9.99 Å². The minimum absolute atomic E-state index is 0.193. The Kier molecular flexibility index (Phi) is 3.80. The standard InChI is InChI=1S/C13H13BrF2N2/c1-3-7-5-10(17-4-2)11-12(14)8(15)6-9(16)13(11)18-7/h5-6H,3-4H2,1-2H3,(H,17,18). The maximum absolute atomic E-state index is 13.8. The summed E-state index contributed by atoms with van der Waals surface area (Å²) in [5.74, 6) is -1.26. The van der Waals surface area contributed by atoms with Gasteiger partial charge in [-0.05, 0) is 35.3 Å². The number of anilines is 1. The van der Waals surface area contributed by atoms with E-state index in [1.807, 2.05) is 19.9 Å². The Hall–Kier alpha value is -1.23. The van der Waals surface area contributed by atoms with Crippen LogP contribution in [0.15, 0.2) is 16.6 Å². The molecule has 0 bridgehead atoms. The maximum Gasteiger partial charge on any atom is 0.152 e. The number of benzene rings is 1. The van der Waals surface area contributed by atoms with Crippen molar-refractivity contribution in [1.82, 2.24) is 4.98 Å². The first-order chi connectivity index (χ1) is 8.58. The topological polar surface area (TPSA) is 24.9 Å². The lowest BCUT2D eigenvalue weighted by atomic mass is 10.1. The Labute approximate surface area is 113 Å². The zero-order valence-electron chi connectivity index (χ0n) is 10.2. The highest BCUT2D eigenvalue weighted by Crippen LogP contribution is 2.34. The van der Waals surface area contributed by atoms with Crippen molar-refractivity contribution in [2.75, 3.05) is 11.9 Å². The molecule has 18 heavy (non-hydrogen) atoms. The van der Waals surface area contributed by atoms with Crippen LogP contribution in [0.1, 0.15) is 19.5 Å². The SMILES string of the molecule is CCNc1cc(CC)nc2c(F)cc(F)c(Br)c12. The number of nitrogens with one attached hydrogen (secondary N) is 1. The number of pyridine rings is 1. The molecule has 0 aliphatic carbocycles. The molecule has 96 valence electrons. The van der Waals surface area contributed by atoms with Gasteiger partial charge in [-0.25, -0.2) is 13.8 Å². The first-order valence-electron chi connectivity index (χ1n) is 5.79. The second-order valence-electron chi connectivity index (χ2n) is 3.92. The summed E-state index contributed by atoms with van der Waals surface area (Å²) in [7, 11) is 0. The Morgan fingerprint density at radius 1 is 1.22 bits per heavy atom. The molecular formula is C13H13BrF2N2. The summed E-state index contributed by atoms with van der Waals surface area (Å²) in [5, 5.41) is 3.57. The van der Waals surface area contributed by atoms with Gasteiger partial charge in [0, 0.05) is 29.4 Å². The molecule has 0 atom stereocenters. The van der Waals surface area contributed by atoms with E-state index in [9.17, 15) is 8.78 Å². The summed E-state index contributed by atoms with van der Waals surface area (Å²) in [6.07, 6.45) is 0.697. The Morgan fingerprint density at radius 3 is 2.56 bits per heavy atom. The van der Waals surface area contributed by atoms with Gasteiger partial charge in [-0.2, -0.15) is 0 Å². The van der Waals surface area contributed by atoms with Crippen molar-refractivity contribution in [3.05, 3.63) is 33.9 Å². The van der Waals surface area contributed by atoms with Crippen LogP contribution in [0.2, 0.25) is 0 Å². The summed E-state index contributed by atoms with van der Waals surface area (Å²) in [6.45, 7) is 4.55. The Balaban J connectivity index is 2.86. The normalized spacial score (nSPS) is 10.9. The zero-order valence-corrected chi connectivity index (χ0v) is 11.7. The number of halogens is 3. The maximum atomic E-state index is 13.8. The number of rotatable bonds is 3. The third-order valence-electron chi connectivity index (χ3n) is 2.71. The third-order valence-corrected chi connectivity index (χ3v) is 3.49. The molecule has 0 aliphatic rings. The van der Waals surface area contributed by atoms with E-state index in [0.717, 1.165) is 11.8 Å². The minimum Gasteiger partial charge on any atom is -0.385 e. The van der Waals surface area contributed by atoms with Gasteiger partial charge in [0.1, 0.15) is 11.3 Å². The smallest absolute Gasteiger partial charge is 0.152 e. The van der Waals surface area contributed by atoms with Crippen LogP contribution < -0.4 is 5.32 Å². The van der Waals surface area contributed by atoms with Gasteiger partial charge in [-0.1, -0.05) is 6.92 Å². The molecule has 1 N–H and O–H groups in total. The Bertz CT molecular complexity index is 599. The van der Waals surface area contributed by atoms with E-state index >= 15 is 0 Å². The summed E-state index contributed by atoms with van der Waals surface area (Å²) in [5.41, 5.74) is 1.67. The van der Waals surface area contributed by atoms with Crippen molar-refractivity contribution in [1.29, 1.82) is 0 Å². The molecule has 0 radical (unpaired) electrons. The van der Waals surface area contributed by atoms with Gasteiger partial charge in [0.15, 0.2) is 5.82 Å². The van der Waals surface area contributed by atoms with Gasteiger partial charge in [0.05, 0.1) is 4.47 Å². The van der Waals surface area contributed by atoms with E-state index in [0.29, 0.717) is 24.0 Å². The molecule has 2 nitrogen and oxygen atoms in total. The fourth-order valence-electron chi connectivity index (χ4n) is 1.87. The number of hydrogen-bond acceptors (Lipinski definition) is 2. The zero-order chi connectivity index (χ0) is 13.3. The summed E-state index contributed by atoms with van der Waals surface area (Å²) in [4.78, 5) is 4.23. The van der Waals surface area contributed by atoms with Gasteiger partial charge >= 0.3 is 0 Å². The largest absolute Gasteiger partial charge is 0.385 e. The molecule has 0 aliphatic heterocycles. The molecule has 0 amide bonds. The number of nitrogens with zero attached hydrogens (tertiary/aromatic N) is 1. The van der Waals surface area contributed by atoms with E-state index in [2.05, 4.69) is 26.2 Å². The van der Waals surface area contributed by atoms with Crippen LogP contribution >= 0.6 is 15.9 Å². The third kappa shape index (κ3) is 2.19. The molecular weight excluding hydrogens is 302 g/mol. The molecule has 1 aromatic heterocycles. The molecule has 1 aromatic carbocycles. The van der Waals surface area contributed by atoms with Crippen LogP contribution in [-0.2, 0) is 6.42 Å². The molecule has 0 saturated heterocycles. The second-order valence-corrected chi connectivity index (χ2v) is 4.72. The summed E-state index contributed by atoms with van der Waals surface area (Å²) >= 11 is 3.16. The highest BCUT2D eigenvalue weighted by Gasteiger charge is 2.16. The van der Waals surface area contributed by atoms with Crippen LogP contribution in [0.5, 0.6) is 0 Å². The van der Waals surface area contributed by atoms with Crippen LogP contribution in [-0.4, -0.2) is 11.5 Å². The van der Waals surface area contributed by atoms with E-state index in [4.69, 9.17) is 0 Å². The first kappa shape index (κ1) is 13.2. The Morgan fingerprint density at radius 2 is 1.94 bits per heavy atom. The van der Waals surface area contributed by atoms with Crippen LogP contribution in [0.3, 0.4) is 0 Å². The summed E-state index contributed by atoms with van der Waals surface area (Å²) < 4.78 is 27.6. The molecule has 0 spiro atoms. The quantitative estimate of drug-likeness (QED) is 0.856. The van der Waals surface area contributed by atoms with Gasteiger partial charge in [0.25, 0.3) is 0 Å². The number of aryl methyl sites for hydroxylation is 1. The molecule has 2 aromatic rings. The summed E-state index contributed by atoms with van der Waals surface area (Å²) in [6, 6.07) is 2.68.